The van der Waals surface area contributed by atoms with E-state index in [1.807, 2.05) is 0 Å². The van der Waals surface area contributed by atoms with Gasteiger partial charge in [-0.1, -0.05) is 6.92 Å². The molecule has 0 radical (unpaired) electrons. The summed E-state index contributed by atoms with van der Waals surface area (Å²) in [7, 11) is 4.64. The first kappa shape index (κ1) is 21.4. The van der Waals surface area contributed by atoms with Gasteiger partial charge in [0.1, 0.15) is 18.0 Å². The van der Waals surface area contributed by atoms with Gasteiger partial charge >= 0.3 is 0 Å². The number of ether oxygens (including phenoxy) is 3. The Balaban J connectivity index is 1.68. The number of hydrogen-bond acceptors (Lipinski definition) is 7. The van der Waals surface area contributed by atoms with E-state index in [4.69, 9.17) is 14.2 Å². The average molecular weight is 412 g/mol. The van der Waals surface area contributed by atoms with Crippen molar-refractivity contribution in [3.05, 3.63) is 36.2 Å². The molecule has 1 N–H and O–H groups in total. The number of nitrogens with one attached hydrogen (secondary N) is 1. The quantitative estimate of drug-likeness (QED) is 0.698. The van der Waals surface area contributed by atoms with Crippen molar-refractivity contribution >= 4 is 23.6 Å². The molecule has 8 nitrogen and oxygen atoms in total. The molecule has 160 valence electrons. The van der Waals surface area contributed by atoms with Crippen molar-refractivity contribution < 1.29 is 19.0 Å². The number of carbonyl (C=O) groups excluding carboxylic acids is 1. The number of rotatable bonds is 7. The molecule has 1 aliphatic heterocycles. The van der Waals surface area contributed by atoms with Crippen molar-refractivity contribution in [2.75, 3.05) is 44.6 Å². The van der Waals surface area contributed by atoms with Crippen LogP contribution in [0.4, 0.5) is 11.6 Å². The highest BCUT2D eigenvalue weighted by atomic mass is 16.5. The highest BCUT2D eigenvalue weighted by Gasteiger charge is 2.17. The summed E-state index contributed by atoms with van der Waals surface area (Å²) in [6.07, 6.45) is 6.87. The van der Waals surface area contributed by atoms with E-state index < -0.39 is 0 Å². The first-order valence-corrected chi connectivity index (χ1v) is 9.90. The zero-order valence-corrected chi connectivity index (χ0v) is 17.8. The van der Waals surface area contributed by atoms with Gasteiger partial charge in [-0.05, 0) is 42.5 Å². The van der Waals surface area contributed by atoms with Gasteiger partial charge in [-0.3, -0.25) is 4.79 Å². The minimum atomic E-state index is -0.291. The van der Waals surface area contributed by atoms with Gasteiger partial charge in [0.25, 0.3) is 0 Å². The third-order valence-electron chi connectivity index (χ3n) is 5.13. The average Bonchev–Trinajstić information content (AvgIpc) is 2.77. The summed E-state index contributed by atoms with van der Waals surface area (Å²) in [5.74, 6) is 3.30. The molecule has 0 spiro atoms. The summed E-state index contributed by atoms with van der Waals surface area (Å²) in [5, 5.41) is 2.79. The van der Waals surface area contributed by atoms with Gasteiger partial charge in [0, 0.05) is 25.2 Å². The van der Waals surface area contributed by atoms with Gasteiger partial charge < -0.3 is 24.4 Å². The molecule has 8 heteroatoms. The Bertz CT molecular complexity index is 883. The van der Waals surface area contributed by atoms with Crippen molar-refractivity contribution in [3.63, 3.8) is 0 Å². The number of nitrogens with zero attached hydrogens (tertiary/aromatic N) is 3. The Labute approximate surface area is 176 Å². The largest absolute Gasteiger partial charge is 0.493 e. The first-order chi connectivity index (χ1) is 14.5. The van der Waals surface area contributed by atoms with Gasteiger partial charge in [-0.2, -0.15) is 0 Å². The lowest BCUT2D eigenvalue weighted by atomic mass is 9.99. The van der Waals surface area contributed by atoms with Crippen molar-refractivity contribution in [1.82, 2.24) is 9.97 Å². The summed E-state index contributed by atoms with van der Waals surface area (Å²) >= 11 is 0. The van der Waals surface area contributed by atoms with E-state index in [-0.39, 0.29) is 5.91 Å². The van der Waals surface area contributed by atoms with Gasteiger partial charge in [0.05, 0.1) is 21.3 Å². The van der Waals surface area contributed by atoms with Crippen LogP contribution in [0.5, 0.6) is 17.2 Å². The van der Waals surface area contributed by atoms with Crippen LogP contribution in [0.25, 0.3) is 6.08 Å². The van der Waals surface area contributed by atoms with Crippen molar-refractivity contribution in [2.45, 2.75) is 19.8 Å². The fourth-order valence-electron chi connectivity index (χ4n) is 3.36. The van der Waals surface area contributed by atoms with Crippen LogP contribution in [0.1, 0.15) is 25.3 Å². The molecule has 3 rings (SSSR count). The predicted octanol–water partition coefficient (Wildman–Crippen LogP) is 3.39. The molecule has 2 aromatic rings. The molecule has 30 heavy (non-hydrogen) atoms. The molecule has 2 heterocycles. The highest BCUT2D eigenvalue weighted by molar-refractivity contribution is 6.01. The van der Waals surface area contributed by atoms with Crippen molar-refractivity contribution in [3.8, 4) is 17.2 Å². The number of hydrogen-bond donors (Lipinski definition) is 1. The standard InChI is InChI=1S/C22H28N4O4/c1-15-7-9-26(10-8-15)20-13-19(23-14-24-20)25-21(27)6-5-16-11-17(28-2)22(30-4)18(12-16)29-3/h5-6,11-15H,7-10H2,1-4H3,(H,23,24,25,27)/b6-5+. The topological polar surface area (TPSA) is 85.8 Å². The minimum Gasteiger partial charge on any atom is -0.493 e. The summed E-state index contributed by atoms with van der Waals surface area (Å²) in [6, 6.07) is 5.34. The molecular formula is C22H28N4O4. The number of methoxy groups -OCH3 is 3. The van der Waals surface area contributed by atoms with E-state index in [9.17, 15) is 4.79 Å². The van der Waals surface area contributed by atoms with Crippen LogP contribution < -0.4 is 24.4 Å². The molecule has 0 bridgehead atoms. The second kappa shape index (κ2) is 9.96. The maximum Gasteiger partial charge on any atom is 0.249 e. The van der Waals surface area contributed by atoms with E-state index in [2.05, 4.69) is 27.1 Å². The number of amides is 1. The van der Waals surface area contributed by atoms with Crippen LogP contribution in [0.2, 0.25) is 0 Å². The van der Waals surface area contributed by atoms with E-state index in [0.29, 0.717) is 23.1 Å². The molecule has 1 aliphatic rings. The summed E-state index contributed by atoms with van der Waals surface area (Å²) in [4.78, 5) is 23.1. The van der Waals surface area contributed by atoms with Crippen LogP contribution in [0.15, 0.2) is 30.6 Å². The fourth-order valence-corrected chi connectivity index (χ4v) is 3.36. The second-order valence-electron chi connectivity index (χ2n) is 7.21. The minimum absolute atomic E-state index is 0.291. The SMILES string of the molecule is COc1cc(/C=C/C(=O)Nc2cc(N3CCC(C)CC3)ncn2)cc(OC)c1OC. The zero-order chi connectivity index (χ0) is 21.5. The Morgan fingerprint density at radius 3 is 2.33 bits per heavy atom. The molecule has 1 fully saturated rings. The molecule has 1 aromatic heterocycles. The van der Waals surface area contributed by atoms with Crippen molar-refractivity contribution in [2.24, 2.45) is 5.92 Å². The van der Waals surface area contributed by atoms with Crippen LogP contribution in [-0.4, -0.2) is 50.3 Å². The Morgan fingerprint density at radius 1 is 1.07 bits per heavy atom. The van der Waals surface area contributed by atoms with Crippen LogP contribution in [0, 0.1) is 5.92 Å². The fraction of sp³-hybridized carbons (Fsp3) is 0.409. The van der Waals surface area contributed by atoms with Crippen molar-refractivity contribution in [1.29, 1.82) is 0 Å². The number of carbonyl (C=O) groups is 1. The number of anilines is 2. The lowest BCUT2D eigenvalue weighted by Gasteiger charge is -2.31. The molecule has 0 atom stereocenters. The van der Waals surface area contributed by atoms with E-state index >= 15 is 0 Å². The monoisotopic (exact) mass is 412 g/mol. The number of piperidine rings is 1. The molecule has 0 aliphatic carbocycles. The lowest BCUT2D eigenvalue weighted by Crippen LogP contribution is -2.33. The molecule has 1 amide bonds. The molecule has 0 saturated carbocycles. The van der Waals surface area contributed by atoms with E-state index in [0.717, 1.165) is 43.2 Å². The number of aromatic nitrogens is 2. The maximum atomic E-state index is 12.4. The third kappa shape index (κ3) is 5.20. The van der Waals surface area contributed by atoms with Gasteiger partial charge in [-0.25, -0.2) is 9.97 Å². The highest BCUT2D eigenvalue weighted by Crippen LogP contribution is 2.38. The Kier molecular flexibility index (Phi) is 7.11. The second-order valence-corrected chi connectivity index (χ2v) is 7.21. The maximum absolute atomic E-state index is 12.4. The zero-order valence-electron chi connectivity index (χ0n) is 17.8. The predicted molar refractivity (Wildman–Crippen MR) is 116 cm³/mol. The van der Waals surface area contributed by atoms with Crippen LogP contribution >= 0.6 is 0 Å². The van der Waals surface area contributed by atoms with Crippen LogP contribution in [-0.2, 0) is 4.79 Å². The molecule has 1 saturated heterocycles. The summed E-state index contributed by atoms with van der Waals surface area (Å²) in [5.41, 5.74) is 0.741. The van der Waals surface area contributed by atoms with Gasteiger partial charge in [0.2, 0.25) is 11.7 Å². The van der Waals surface area contributed by atoms with Crippen LogP contribution in [0.3, 0.4) is 0 Å². The Morgan fingerprint density at radius 2 is 1.73 bits per heavy atom. The molecular weight excluding hydrogens is 384 g/mol. The molecule has 0 unspecified atom stereocenters. The van der Waals surface area contributed by atoms with E-state index in [1.54, 1.807) is 45.6 Å². The molecule has 1 aromatic carbocycles. The first-order valence-electron chi connectivity index (χ1n) is 9.90. The normalized spacial score (nSPS) is 14.6. The smallest absolute Gasteiger partial charge is 0.249 e. The summed E-state index contributed by atoms with van der Waals surface area (Å²) in [6.45, 7) is 4.20. The van der Waals surface area contributed by atoms with Gasteiger partial charge in [-0.15, -0.1) is 0 Å². The lowest BCUT2D eigenvalue weighted by molar-refractivity contribution is -0.111. The van der Waals surface area contributed by atoms with E-state index in [1.165, 1.54) is 12.4 Å². The summed E-state index contributed by atoms with van der Waals surface area (Å²) < 4.78 is 16.0. The number of benzene rings is 1. The Hall–Kier alpha value is -3.29. The third-order valence-corrected chi connectivity index (χ3v) is 5.13. The van der Waals surface area contributed by atoms with Gasteiger partial charge in [0.15, 0.2) is 11.5 Å².